The van der Waals surface area contributed by atoms with Crippen LogP contribution in [0.25, 0.3) is 0 Å². The van der Waals surface area contributed by atoms with E-state index in [2.05, 4.69) is 32.6 Å². The Bertz CT molecular complexity index is 877. The number of imidazole rings is 1. The van der Waals surface area contributed by atoms with E-state index in [1.807, 2.05) is 24.3 Å². The van der Waals surface area contributed by atoms with E-state index in [0.29, 0.717) is 22.6 Å². The molecule has 1 aromatic heterocycles. The quantitative estimate of drug-likeness (QED) is 0.631. The molecule has 4 rings (SSSR count). The van der Waals surface area contributed by atoms with Crippen LogP contribution in [0.2, 0.25) is 0 Å². The van der Waals surface area contributed by atoms with Gasteiger partial charge in [0.05, 0.1) is 0 Å². The van der Waals surface area contributed by atoms with Gasteiger partial charge < -0.3 is 10.1 Å². The Hall–Kier alpha value is -2.19. The second-order valence-electron chi connectivity index (χ2n) is 5.27. The van der Waals surface area contributed by atoms with Crippen LogP contribution in [0, 0.1) is 3.57 Å². The van der Waals surface area contributed by atoms with E-state index in [9.17, 15) is 9.90 Å². The summed E-state index contributed by atoms with van der Waals surface area (Å²) in [6, 6.07) is 14.5. The molecule has 1 unspecified atom stereocenters. The predicted molar refractivity (Wildman–Crippen MR) is 94.0 cm³/mol. The number of nitrogens with one attached hydrogen (secondary N) is 1. The summed E-state index contributed by atoms with van der Waals surface area (Å²) >= 11 is 2.20. The molecule has 0 saturated heterocycles. The van der Waals surface area contributed by atoms with Gasteiger partial charge in [0.15, 0.2) is 5.82 Å². The van der Waals surface area contributed by atoms with Gasteiger partial charge in [0.25, 0.3) is 5.91 Å². The van der Waals surface area contributed by atoms with Crippen LogP contribution in [-0.4, -0.2) is 21.0 Å². The normalized spacial score (nSPS) is 19.9. The van der Waals surface area contributed by atoms with Gasteiger partial charge in [-0.15, -0.1) is 0 Å². The third kappa shape index (κ3) is 2.02. The van der Waals surface area contributed by atoms with Crippen molar-refractivity contribution in [3.63, 3.8) is 0 Å². The molecule has 3 aromatic rings. The summed E-state index contributed by atoms with van der Waals surface area (Å²) in [7, 11) is 0. The van der Waals surface area contributed by atoms with Crippen LogP contribution in [0.1, 0.15) is 21.7 Å². The van der Waals surface area contributed by atoms with Gasteiger partial charge in [-0.25, -0.2) is 4.98 Å². The van der Waals surface area contributed by atoms with Crippen LogP contribution < -0.4 is 4.90 Å². The molecule has 1 aliphatic rings. The number of anilines is 1. The van der Waals surface area contributed by atoms with E-state index in [1.165, 1.54) is 4.90 Å². The minimum atomic E-state index is -1.65. The molecule has 1 aliphatic heterocycles. The number of carbonyl (C=O) groups excluding carboxylic acids is 1. The molecule has 114 valence electrons. The molecule has 0 spiro atoms. The van der Waals surface area contributed by atoms with E-state index in [-0.39, 0.29) is 5.91 Å². The molecule has 0 radical (unpaired) electrons. The Balaban J connectivity index is 1.98. The van der Waals surface area contributed by atoms with Crippen LogP contribution in [0.15, 0.2) is 60.9 Å². The molecule has 2 N–H and O–H groups in total. The zero-order valence-corrected chi connectivity index (χ0v) is 14.1. The van der Waals surface area contributed by atoms with Crippen molar-refractivity contribution in [1.82, 2.24) is 9.97 Å². The van der Waals surface area contributed by atoms with Crippen LogP contribution in [0.4, 0.5) is 5.69 Å². The van der Waals surface area contributed by atoms with Crippen molar-refractivity contribution in [2.24, 2.45) is 0 Å². The van der Waals surface area contributed by atoms with E-state index < -0.39 is 5.72 Å². The number of H-pyrrole nitrogens is 1. The molecule has 0 fully saturated rings. The van der Waals surface area contributed by atoms with Crippen LogP contribution in [0.5, 0.6) is 0 Å². The van der Waals surface area contributed by atoms with Gasteiger partial charge in [0.2, 0.25) is 5.72 Å². The minimum Gasteiger partial charge on any atom is -0.360 e. The molecule has 0 aliphatic carbocycles. The highest BCUT2D eigenvalue weighted by atomic mass is 127. The summed E-state index contributed by atoms with van der Waals surface area (Å²) in [5.74, 6) is 0.0649. The topological polar surface area (TPSA) is 69.2 Å². The molecule has 5 nitrogen and oxygen atoms in total. The lowest BCUT2D eigenvalue weighted by Gasteiger charge is -2.32. The number of rotatable bonds is 2. The van der Waals surface area contributed by atoms with Gasteiger partial charge in [0, 0.05) is 32.8 Å². The fraction of sp³-hybridized carbons (Fsp3) is 0.0588. The number of hydrogen-bond acceptors (Lipinski definition) is 3. The highest BCUT2D eigenvalue weighted by molar-refractivity contribution is 14.1. The lowest BCUT2D eigenvalue weighted by Crippen LogP contribution is -2.45. The van der Waals surface area contributed by atoms with Crippen molar-refractivity contribution in [2.45, 2.75) is 5.72 Å². The van der Waals surface area contributed by atoms with Crippen LogP contribution in [0.3, 0.4) is 0 Å². The average Bonchev–Trinajstić information content (AvgIpc) is 3.17. The molecule has 23 heavy (non-hydrogen) atoms. The number of aromatic amines is 1. The summed E-state index contributed by atoms with van der Waals surface area (Å²) in [5.41, 5.74) is -0.0294. The molecular formula is C17H12IN3O2. The second-order valence-corrected chi connectivity index (χ2v) is 6.52. The van der Waals surface area contributed by atoms with Gasteiger partial charge in [-0.3, -0.25) is 9.69 Å². The van der Waals surface area contributed by atoms with Crippen molar-refractivity contribution in [3.05, 3.63) is 81.4 Å². The lowest BCUT2D eigenvalue weighted by molar-refractivity contribution is 0.0653. The van der Waals surface area contributed by atoms with E-state index in [1.54, 1.807) is 36.7 Å². The number of hydrogen-bond donors (Lipinski definition) is 2. The molecule has 1 amide bonds. The van der Waals surface area contributed by atoms with Gasteiger partial charge >= 0.3 is 0 Å². The Morgan fingerprint density at radius 3 is 2.57 bits per heavy atom. The number of amides is 1. The van der Waals surface area contributed by atoms with Crippen LogP contribution >= 0.6 is 22.6 Å². The highest BCUT2D eigenvalue weighted by Gasteiger charge is 2.52. The Morgan fingerprint density at radius 1 is 1.13 bits per heavy atom. The van der Waals surface area contributed by atoms with E-state index in [4.69, 9.17) is 0 Å². The zero-order chi connectivity index (χ0) is 16.0. The first-order valence-electron chi connectivity index (χ1n) is 7.04. The molecule has 2 heterocycles. The van der Waals surface area contributed by atoms with E-state index in [0.717, 1.165) is 3.57 Å². The highest BCUT2D eigenvalue weighted by Crippen LogP contribution is 2.43. The fourth-order valence-corrected chi connectivity index (χ4v) is 3.30. The molecule has 0 saturated carbocycles. The Morgan fingerprint density at radius 2 is 1.87 bits per heavy atom. The number of halogens is 1. The zero-order valence-electron chi connectivity index (χ0n) is 11.9. The average molecular weight is 417 g/mol. The number of fused-ring (bicyclic) bond motifs is 1. The predicted octanol–water partition coefficient (Wildman–Crippen LogP) is 2.87. The third-order valence-electron chi connectivity index (χ3n) is 3.97. The van der Waals surface area contributed by atoms with Gasteiger partial charge in [-0.2, -0.15) is 0 Å². The monoisotopic (exact) mass is 417 g/mol. The molecule has 0 bridgehead atoms. The van der Waals surface area contributed by atoms with Gasteiger partial charge in [-0.05, 0) is 52.9 Å². The number of nitrogens with zero attached hydrogens (tertiary/aromatic N) is 2. The van der Waals surface area contributed by atoms with Crippen molar-refractivity contribution >= 4 is 34.2 Å². The standard InChI is InChI=1S/C17H12IN3O2/c18-11-5-7-12(8-6-11)21-15(22)13-3-1-2-4-14(13)17(21,23)16-19-9-10-20-16/h1-10,23H,(H,19,20). The maximum atomic E-state index is 12.9. The summed E-state index contributed by atoms with van der Waals surface area (Å²) in [4.78, 5) is 21.4. The number of aromatic nitrogens is 2. The maximum absolute atomic E-state index is 12.9. The maximum Gasteiger partial charge on any atom is 0.261 e. The third-order valence-corrected chi connectivity index (χ3v) is 4.69. The van der Waals surface area contributed by atoms with E-state index >= 15 is 0 Å². The van der Waals surface area contributed by atoms with Crippen molar-refractivity contribution in [2.75, 3.05) is 4.90 Å². The first-order chi connectivity index (χ1) is 11.1. The first kappa shape index (κ1) is 14.4. The van der Waals surface area contributed by atoms with Crippen molar-refractivity contribution in [1.29, 1.82) is 0 Å². The summed E-state index contributed by atoms with van der Waals surface area (Å²) < 4.78 is 1.05. The van der Waals surface area contributed by atoms with Gasteiger partial charge in [-0.1, -0.05) is 18.2 Å². The largest absolute Gasteiger partial charge is 0.360 e. The van der Waals surface area contributed by atoms with Gasteiger partial charge in [0.1, 0.15) is 0 Å². The smallest absolute Gasteiger partial charge is 0.261 e. The number of carbonyl (C=O) groups is 1. The fourth-order valence-electron chi connectivity index (χ4n) is 2.95. The SMILES string of the molecule is O=C1c2ccccc2C(O)(c2ncc[nH]2)N1c1ccc(I)cc1. The number of benzene rings is 2. The van der Waals surface area contributed by atoms with Crippen LogP contribution in [-0.2, 0) is 5.72 Å². The number of aliphatic hydroxyl groups is 1. The molecule has 6 heteroatoms. The summed E-state index contributed by atoms with van der Waals surface area (Å²) in [6.07, 6.45) is 3.19. The second kappa shape index (κ2) is 5.17. The molecule has 1 atom stereocenters. The summed E-state index contributed by atoms with van der Waals surface area (Å²) in [6.45, 7) is 0. The summed E-state index contributed by atoms with van der Waals surface area (Å²) in [5, 5.41) is 11.5. The first-order valence-corrected chi connectivity index (χ1v) is 8.12. The lowest BCUT2D eigenvalue weighted by atomic mass is 10.0. The minimum absolute atomic E-state index is 0.249. The Kier molecular flexibility index (Phi) is 3.24. The Labute approximate surface area is 146 Å². The molecule has 2 aromatic carbocycles. The molecular weight excluding hydrogens is 405 g/mol. The van der Waals surface area contributed by atoms with Crippen molar-refractivity contribution < 1.29 is 9.90 Å². The van der Waals surface area contributed by atoms with Crippen molar-refractivity contribution in [3.8, 4) is 0 Å².